The predicted octanol–water partition coefficient (Wildman–Crippen LogP) is 5.03. The number of hydrogen-bond donors (Lipinski definition) is 1. The smallest absolute Gasteiger partial charge is 0.235 e. The third-order valence-corrected chi connectivity index (χ3v) is 6.78. The third-order valence-electron chi connectivity index (χ3n) is 5.85. The Morgan fingerprint density at radius 3 is 2.63 bits per heavy atom. The van der Waals surface area contributed by atoms with Crippen molar-refractivity contribution in [2.75, 3.05) is 11.1 Å². The first-order chi connectivity index (χ1) is 17.2. The molecule has 2 aromatic heterocycles. The number of aromatic nitrogens is 5. The van der Waals surface area contributed by atoms with Crippen LogP contribution in [0.25, 0.3) is 5.69 Å². The summed E-state index contributed by atoms with van der Waals surface area (Å²) in [6.45, 7) is 0.0240. The summed E-state index contributed by atoms with van der Waals surface area (Å²) in [5, 5.41) is 16.5. The van der Waals surface area contributed by atoms with Gasteiger partial charge in [0.15, 0.2) is 22.5 Å². The topological polar surface area (TPSA) is 86.9 Å². The van der Waals surface area contributed by atoms with Gasteiger partial charge in [-0.1, -0.05) is 54.9 Å². The summed E-state index contributed by atoms with van der Waals surface area (Å²) < 4.78 is 23.4. The number of amides is 1. The Bertz CT molecular complexity index is 1290. The van der Waals surface area contributed by atoms with Gasteiger partial charge < -0.3 is 10.1 Å². The molecule has 1 saturated carbocycles. The normalized spacial score (nSPS) is 13.7. The number of halogens is 1. The number of nitrogens with one attached hydrogen (secondary N) is 1. The molecule has 10 heteroatoms. The number of ether oxygens (including phenoxy) is 1. The molecule has 1 N–H and O–H groups in total. The highest BCUT2D eigenvalue weighted by atomic mass is 32.2. The summed E-state index contributed by atoms with van der Waals surface area (Å²) in [4.78, 5) is 12.8. The van der Waals surface area contributed by atoms with Crippen molar-refractivity contribution in [3.8, 4) is 11.4 Å². The summed E-state index contributed by atoms with van der Waals surface area (Å²) in [6, 6.07) is 17.9. The van der Waals surface area contributed by atoms with Gasteiger partial charge in [0.25, 0.3) is 0 Å². The molecule has 5 rings (SSSR count). The largest absolute Gasteiger partial charge is 0.483 e. The maximum atomic E-state index is 14.0. The Balaban J connectivity index is 1.29. The van der Waals surface area contributed by atoms with Crippen molar-refractivity contribution in [1.82, 2.24) is 24.5 Å². The number of thioether (sulfide) groups is 1. The molecule has 1 aliphatic carbocycles. The summed E-state index contributed by atoms with van der Waals surface area (Å²) >= 11 is 1.27. The molecule has 0 saturated heterocycles. The number of hydrogen-bond acceptors (Lipinski definition) is 6. The fraction of sp³-hybridized carbons (Fsp3) is 0.280. The summed E-state index contributed by atoms with van der Waals surface area (Å²) in [5.41, 5.74) is 0.826. The molecule has 1 aliphatic rings. The van der Waals surface area contributed by atoms with Crippen LogP contribution in [0.4, 0.5) is 10.2 Å². The number of carbonyl (C=O) groups excluding carboxylic acids is 1. The summed E-state index contributed by atoms with van der Waals surface area (Å²) in [5.74, 6) is 0.910. The Kier molecular flexibility index (Phi) is 7.08. The Labute approximate surface area is 206 Å². The van der Waals surface area contributed by atoms with Crippen molar-refractivity contribution in [2.45, 2.75) is 43.5 Å². The van der Waals surface area contributed by atoms with Gasteiger partial charge in [-0.3, -0.25) is 9.36 Å². The van der Waals surface area contributed by atoms with Crippen LogP contribution in [-0.4, -0.2) is 36.2 Å². The minimum absolute atomic E-state index is 0.0240. The van der Waals surface area contributed by atoms with E-state index in [0.29, 0.717) is 22.8 Å². The first kappa shape index (κ1) is 23.1. The Morgan fingerprint density at radius 1 is 1.06 bits per heavy atom. The van der Waals surface area contributed by atoms with Crippen molar-refractivity contribution in [3.63, 3.8) is 0 Å². The van der Waals surface area contributed by atoms with Crippen LogP contribution in [0, 0.1) is 5.82 Å². The van der Waals surface area contributed by atoms with Crippen molar-refractivity contribution < 1.29 is 13.9 Å². The van der Waals surface area contributed by atoms with Gasteiger partial charge in [-0.05, 0) is 37.1 Å². The lowest BCUT2D eigenvalue weighted by molar-refractivity contribution is -0.113. The van der Waals surface area contributed by atoms with E-state index in [2.05, 4.69) is 20.6 Å². The van der Waals surface area contributed by atoms with E-state index in [9.17, 15) is 9.18 Å². The molecule has 0 unspecified atom stereocenters. The molecule has 0 aliphatic heterocycles. The lowest BCUT2D eigenvalue weighted by atomic mass is 10.2. The van der Waals surface area contributed by atoms with E-state index < -0.39 is 5.82 Å². The Hall–Kier alpha value is -3.66. The van der Waals surface area contributed by atoms with Gasteiger partial charge >= 0.3 is 0 Å². The van der Waals surface area contributed by atoms with E-state index in [1.165, 1.54) is 30.7 Å². The molecule has 0 spiro atoms. The van der Waals surface area contributed by atoms with Gasteiger partial charge in [0.05, 0.1) is 18.0 Å². The van der Waals surface area contributed by atoms with E-state index >= 15 is 0 Å². The Morgan fingerprint density at radius 2 is 1.83 bits per heavy atom. The zero-order valence-electron chi connectivity index (χ0n) is 19.0. The van der Waals surface area contributed by atoms with Gasteiger partial charge in [-0.15, -0.1) is 10.2 Å². The minimum atomic E-state index is -0.443. The van der Waals surface area contributed by atoms with E-state index in [0.717, 1.165) is 18.5 Å². The molecule has 0 atom stereocenters. The molecule has 0 bridgehead atoms. The maximum absolute atomic E-state index is 14.0. The number of benzene rings is 2. The van der Waals surface area contributed by atoms with Crippen molar-refractivity contribution in [3.05, 3.63) is 78.5 Å². The second kappa shape index (κ2) is 10.7. The van der Waals surface area contributed by atoms with Gasteiger partial charge in [0.1, 0.15) is 12.4 Å². The molecular formula is C25H25FN6O2S. The lowest BCUT2D eigenvalue weighted by Crippen LogP contribution is -2.19. The fourth-order valence-corrected chi connectivity index (χ4v) is 4.96. The van der Waals surface area contributed by atoms with E-state index in [-0.39, 0.29) is 24.0 Å². The van der Waals surface area contributed by atoms with Crippen LogP contribution in [0.1, 0.15) is 37.5 Å². The van der Waals surface area contributed by atoms with Gasteiger partial charge in [0, 0.05) is 11.8 Å². The number of rotatable bonds is 9. The molecule has 35 heavy (non-hydrogen) atoms. The van der Waals surface area contributed by atoms with E-state index in [1.54, 1.807) is 24.4 Å². The fourth-order valence-electron chi connectivity index (χ4n) is 4.19. The second-order valence-electron chi connectivity index (χ2n) is 8.23. The first-order valence-electron chi connectivity index (χ1n) is 11.5. The monoisotopic (exact) mass is 492 g/mol. The van der Waals surface area contributed by atoms with Gasteiger partial charge in [-0.25, -0.2) is 9.07 Å². The highest BCUT2D eigenvalue weighted by Crippen LogP contribution is 2.31. The highest BCUT2D eigenvalue weighted by Gasteiger charge is 2.21. The van der Waals surface area contributed by atoms with Gasteiger partial charge in [-0.2, -0.15) is 5.10 Å². The molecular weight excluding hydrogens is 467 g/mol. The highest BCUT2D eigenvalue weighted by molar-refractivity contribution is 7.99. The van der Waals surface area contributed by atoms with Crippen LogP contribution in [0.5, 0.6) is 5.75 Å². The SMILES string of the molecule is O=C(CSc1nnc(COc2ccccc2F)n1-c1ccccc1)Nc1ccnn1C1CCCC1. The number of nitrogens with zero attached hydrogens (tertiary/aromatic N) is 5. The molecule has 0 radical (unpaired) electrons. The first-order valence-corrected chi connectivity index (χ1v) is 12.5. The summed E-state index contributed by atoms with van der Waals surface area (Å²) in [7, 11) is 0. The lowest BCUT2D eigenvalue weighted by Gasteiger charge is -2.14. The molecule has 4 aromatic rings. The second-order valence-corrected chi connectivity index (χ2v) is 9.17. The van der Waals surface area contributed by atoms with Crippen LogP contribution in [-0.2, 0) is 11.4 Å². The van der Waals surface area contributed by atoms with Crippen molar-refractivity contribution >= 4 is 23.5 Å². The number of anilines is 1. The number of para-hydroxylation sites is 2. The molecule has 180 valence electrons. The van der Waals surface area contributed by atoms with Crippen LogP contribution in [0.3, 0.4) is 0 Å². The molecule has 1 amide bonds. The van der Waals surface area contributed by atoms with Crippen LogP contribution in [0.2, 0.25) is 0 Å². The molecule has 2 heterocycles. The standard InChI is InChI=1S/C25H25FN6O2S/c26-20-12-6-7-13-21(20)34-16-23-29-30-25(31(23)18-8-2-1-3-9-18)35-17-24(33)28-22-14-15-27-32(22)19-10-4-5-11-19/h1-3,6-9,12-15,19H,4-5,10-11,16-17H2,(H,28,33). The molecule has 8 nitrogen and oxygen atoms in total. The van der Waals surface area contributed by atoms with E-state index in [1.807, 2.05) is 45.6 Å². The molecule has 1 fully saturated rings. The average molecular weight is 493 g/mol. The zero-order chi connectivity index (χ0) is 24.0. The van der Waals surface area contributed by atoms with E-state index in [4.69, 9.17) is 4.74 Å². The van der Waals surface area contributed by atoms with Gasteiger partial charge in [0.2, 0.25) is 5.91 Å². The van der Waals surface area contributed by atoms with Crippen molar-refractivity contribution in [2.24, 2.45) is 0 Å². The predicted molar refractivity (Wildman–Crippen MR) is 131 cm³/mol. The minimum Gasteiger partial charge on any atom is -0.483 e. The van der Waals surface area contributed by atoms with Crippen LogP contribution < -0.4 is 10.1 Å². The maximum Gasteiger partial charge on any atom is 0.235 e. The zero-order valence-corrected chi connectivity index (χ0v) is 19.8. The van der Waals surface area contributed by atoms with Crippen LogP contribution in [0.15, 0.2) is 72.0 Å². The molecule has 2 aromatic carbocycles. The quantitative estimate of drug-likeness (QED) is 0.330. The average Bonchev–Trinajstić information content (AvgIpc) is 3.64. The summed E-state index contributed by atoms with van der Waals surface area (Å²) in [6.07, 6.45) is 6.25. The van der Waals surface area contributed by atoms with Crippen LogP contribution >= 0.6 is 11.8 Å². The number of carbonyl (C=O) groups is 1. The van der Waals surface area contributed by atoms with Crippen molar-refractivity contribution in [1.29, 1.82) is 0 Å². The third kappa shape index (κ3) is 5.37.